The van der Waals surface area contributed by atoms with E-state index in [-0.39, 0.29) is 12.5 Å². The Morgan fingerprint density at radius 1 is 0.489 bits per heavy atom. The highest BCUT2D eigenvalue weighted by atomic mass is 16.7. The van der Waals surface area contributed by atoms with Gasteiger partial charge in [-0.1, -0.05) is 169 Å². The van der Waals surface area contributed by atoms with Gasteiger partial charge in [0.2, 0.25) is 0 Å². The van der Waals surface area contributed by atoms with Crippen LogP contribution in [0.2, 0.25) is 0 Å². The molecule has 0 aliphatic heterocycles. The number of nitrogens with zero attached hydrogens (tertiary/aromatic N) is 1. The van der Waals surface area contributed by atoms with Crippen molar-refractivity contribution in [3.8, 4) is 0 Å². The molecule has 0 aromatic carbocycles. The third-order valence-corrected chi connectivity index (χ3v) is 7.93. The van der Waals surface area contributed by atoms with Crippen LogP contribution in [-0.4, -0.2) is 41.3 Å². The molecule has 268 valence electrons. The largest absolute Gasteiger partial charge is 0.463 e. The van der Waals surface area contributed by atoms with Crippen molar-refractivity contribution < 1.29 is 29.2 Å². The second-order valence-electron chi connectivity index (χ2n) is 12.5. The summed E-state index contributed by atoms with van der Waals surface area (Å²) < 4.78 is 0. The SMILES string of the molecule is CCCCCCCCCCCCC(=O)ON(CCCCC)C(=O)O.CCCCCCCCCCCCC(=O)ONCCCCC. The van der Waals surface area contributed by atoms with Gasteiger partial charge in [0.25, 0.3) is 0 Å². The van der Waals surface area contributed by atoms with E-state index in [1.54, 1.807) is 0 Å². The molecule has 0 radical (unpaired) electrons. The Morgan fingerprint density at radius 3 is 1.27 bits per heavy atom. The van der Waals surface area contributed by atoms with E-state index in [2.05, 4.69) is 26.3 Å². The summed E-state index contributed by atoms with van der Waals surface area (Å²) in [7, 11) is 0. The molecule has 0 aromatic rings. The summed E-state index contributed by atoms with van der Waals surface area (Å²) in [6, 6.07) is 0. The molecule has 0 saturated carbocycles. The standard InChI is InChI=1S/C19H37NO4.C18H37NO2/c1-3-5-7-8-9-10-11-12-13-14-16-18(21)24-20(19(22)23)17-15-6-4-2;1-3-5-7-8-9-10-11-12-13-14-16-18(20)21-19-17-15-6-4-2/h3-17H2,1-2H3,(H,22,23);19H,3-17H2,1-2H3. The monoisotopic (exact) mass is 643 g/mol. The van der Waals surface area contributed by atoms with Gasteiger partial charge in [0, 0.05) is 19.4 Å². The van der Waals surface area contributed by atoms with E-state index in [4.69, 9.17) is 14.8 Å². The highest BCUT2D eigenvalue weighted by Gasteiger charge is 2.16. The van der Waals surface area contributed by atoms with E-state index in [1.807, 2.05) is 6.92 Å². The first-order chi connectivity index (χ1) is 21.9. The molecule has 8 heteroatoms. The summed E-state index contributed by atoms with van der Waals surface area (Å²) in [6.45, 7) is 9.72. The van der Waals surface area contributed by atoms with Crippen LogP contribution in [0.3, 0.4) is 0 Å². The number of rotatable bonds is 31. The molecule has 0 atom stereocenters. The van der Waals surface area contributed by atoms with Gasteiger partial charge in [-0.15, -0.1) is 5.06 Å². The lowest BCUT2D eigenvalue weighted by Crippen LogP contribution is -2.33. The zero-order valence-corrected chi connectivity index (χ0v) is 30.1. The molecule has 45 heavy (non-hydrogen) atoms. The molecule has 0 saturated heterocycles. The maximum Gasteiger partial charge on any atom is 0.440 e. The van der Waals surface area contributed by atoms with E-state index in [9.17, 15) is 14.4 Å². The van der Waals surface area contributed by atoms with Gasteiger partial charge in [-0.2, -0.15) is 5.48 Å². The van der Waals surface area contributed by atoms with Crippen molar-refractivity contribution in [2.24, 2.45) is 0 Å². The van der Waals surface area contributed by atoms with Gasteiger partial charge in [0.05, 0.1) is 6.54 Å². The lowest BCUT2D eigenvalue weighted by Gasteiger charge is -2.17. The van der Waals surface area contributed by atoms with Crippen LogP contribution in [0.1, 0.15) is 207 Å². The minimum atomic E-state index is -1.19. The molecule has 0 heterocycles. The van der Waals surface area contributed by atoms with Crippen molar-refractivity contribution in [1.29, 1.82) is 0 Å². The molecule has 0 aliphatic rings. The number of nitrogens with one attached hydrogen (secondary N) is 1. The second-order valence-corrected chi connectivity index (χ2v) is 12.5. The summed E-state index contributed by atoms with van der Waals surface area (Å²) in [6.07, 6.45) is 30.7. The number of carboxylic acid groups (broad SMARTS) is 1. The van der Waals surface area contributed by atoms with Gasteiger partial charge < -0.3 is 14.8 Å². The number of amides is 1. The van der Waals surface area contributed by atoms with Gasteiger partial charge in [0.1, 0.15) is 0 Å². The summed E-state index contributed by atoms with van der Waals surface area (Å²) in [5, 5.41) is 9.79. The van der Waals surface area contributed by atoms with Crippen molar-refractivity contribution in [3.05, 3.63) is 0 Å². The van der Waals surface area contributed by atoms with E-state index >= 15 is 0 Å². The van der Waals surface area contributed by atoms with Crippen LogP contribution < -0.4 is 5.48 Å². The average molecular weight is 643 g/mol. The Kier molecular flexibility index (Phi) is 38.6. The van der Waals surface area contributed by atoms with Crippen LogP contribution in [0.4, 0.5) is 4.79 Å². The number of hydroxylamine groups is 3. The molecule has 0 aliphatic carbocycles. The van der Waals surface area contributed by atoms with Gasteiger partial charge >= 0.3 is 18.0 Å². The van der Waals surface area contributed by atoms with Crippen LogP contribution in [0.15, 0.2) is 0 Å². The number of hydrogen-bond donors (Lipinski definition) is 2. The first-order valence-electron chi connectivity index (χ1n) is 19.1. The fourth-order valence-electron chi connectivity index (χ4n) is 5.00. The second kappa shape index (κ2) is 38.4. The predicted octanol–water partition coefficient (Wildman–Crippen LogP) is 11.5. The minimum Gasteiger partial charge on any atom is -0.463 e. The Hall–Kier alpha value is -1.83. The van der Waals surface area contributed by atoms with Crippen molar-refractivity contribution in [3.63, 3.8) is 0 Å². The Labute approximate surface area is 278 Å². The molecule has 0 unspecified atom stereocenters. The lowest BCUT2D eigenvalue weighted by molar-refractivity contribution is -0.180. The average Bonchev–Trinajstić information content (AvgIpc) is 3.02. The summed E-state index contributed by atoms with van der Waals surface area (Å²) in [5.74, 6) is -0.542. The van der Waals surface area contributed by atoms with Gasteiger partial charge in [0.15, 0.2) is 0 Å². The van der Waals surface area contributed by atoms with Crippen molar-refractivity contribution in [1.82, 2.24) is 10.5 Å². The number of hydrogen-bond acceptors (Lipinski definition) is 6. The Morgan fingerprint density at radius 2 is 0.844 bits per heavy atom. The normalized spacial score (nSPS) is 10.7. The maximum atomic E-state index is 11.7. The van der Waals surface area contributed by atoms with Crippen molar-refractivity contribution in [2.75, 3.05) is 13.1 Å². The third kappa shape index (κ3) is 38.3. The van der Waals surface area contributed by atoms with E-state index in [0.717, 1.165) is 63.0 Å². The van der Waals surface area contributed by atoms with Crippen LogP contribution in [0.5, 0.6) is 0 Å². The molecule has 2 N–H and O–H groups in total. The minimum absolute atomic E-state index is 0.105. The van der Waals surface area contributed by atoms with Crippen molar-refractivity contribution in [2.45, 2.75) is 207 Å². The third-order valence-electron chi connectivity index (χ3n) is 7.93. The molecular formula is C37H74N2O6. The number of carbonyl (C=O) groups excluding carboxylic acids is 2. The van der Waals surface area contributed by atoms with Crippen LogP contribution in [0.25, 0.3) is 0 Å². The van der Waals surface area contributed by atoms with Gasteiger partial charge in [-0.25, -0.2) is 9.59 Å². The highest BCUT2D eigenvalue weighted by molar-refractivity contribution is 5.72. The topological polar surface area (TPSA) is 105 Å². The summed E-state index contributed by atoms with van der Waals surface area (Å²) in [4.78, 5) is 44.1. The van der Waals surface area contributed by atoms with Crippen LogP contribution in [0, 0.1) is 0 Å². The van der Waals surface area contributed by atoms with E-state index in [1.165, 1.54) is 109 Å². The Balaban J connectivity index is 0. The summed E-state index contributed by atoms with van der Waals surface area (Å²) in [5.41, 5.74) is 2.76. The predicted molar refractivity (Wildman–Crippen MR) is 187 cm³/mol. The molecule has 0 rings (SSSR count). The zero-order chi connectivity index (χ0) is 33.6. The smallest absolute Gasteiger partial charge is 0.440 e. The first kappa shape index (κ1) is 45.3. The molecule has 0 fully saturated rings. The quantitative estimate of drug-likeness (QED) is 0.0572. The molecule has 0 bridgehead atoms. The fraction of sp³-hybridized carbons (Fsp3) is 0.919. The van der Waals surface area contributed by atoms with E-state index < -0.39 is 12.1 Å². The van der Waals surface area contributed by atoms with Crippen molar-refractivity contribution >= 4 is 18.0 Å². The molecule has 8 nitrogen and oxygen atoms in total. The molecule has 0 spiro atoms. The maximum absolute atomic E-state index is 11.7. The number of carbonyl (C=O) groups is 3. The lowest BCUT2D eigenvalue weighted by atomic mass is 10.1. The Bertz CT molecular complexity index is 646. The molecule has 0 aromatic heterocycles. The number of unbranched alkanes of at least 4 members (excludes halogenated alkanes) is 22. The summed E-state index contributed by atoms with van der Waals surface area (Å²) >= 11 is 0. The van der Waals surface area contributed by atoms with Crippen LogP contribution >= 0.6 is 0 Å². The molecular weight excluding hydrogens is 568 g/mol. The zero-order valence-electron chi connectivity index (χ0n) is 30.1. The van der Waals surface area contributed by atoms with Gasteiger partial charge in [-0.3, -0.25) is 4.79 Å². The van der Waals surface area contributed by atoms with Crippen LogP contribution in [-0.2, 0) is 19.3 Å². The molecule has 1 amide bonds. The first-order valence-corrected chi connectivity index (χ1v) is 19.1. The van der Waals surface area contributed by atoms with E-state index in [0.29, 0.717) is 19.3 Å². The highest BCUT2D eigenvalue weighted by Crippen LogP contribution is 2.13. The van der Waals surface area contributed by atoms with Gasteiger partial charge in [-0.05, 0) is 25.7 Å². The fourth-order valence-corrected chi connectivity index (χ4v) is 5.00.